The Hall–Kier alpha value is -2.42. The third-order valence-corrected chi connectivity index (χ3v) is 3.38. The van der Waals surface area contributed by atoms with Gasteiger partial charge in [-0.25, -0.2) is 4.79 Å². The average Bonchev–Trinajstić information content (AvgIpc) is 2.81. The number of amides is 2. The minimum absolute atomic E-state index is 0.208. The number of nitrogens with one attached hydrogen (secondary N) is 2. The van der Waals surface area contributed by atoms with Crippen molar-refractivity contribution in [2.75, 3.05) is 5.32 Å². The normalized spacial score (nSPS) is 11.5. The predicted octanol–water partition coefficient (Wildman–Crippen LogP) is 0.754. The van der Waals surface area contributed by atoms with Crippen molar-refractivity contribution in [3.8, 4) is 0 Å². The molecular formula is C12H14N2O6S. The van der Waals surface area contributed by atoms with Crippen LogP contribution in [0.3, 0.4) is 0 Å². The molecule has 0 spiro atoms. The number of carboxylic acid groups (broad SMARTS) is 2. The minimum Gasteiger partial charge on any atom is -0.481 e. The monoisotopic (exact) mass is 314 g/mol. The average molecular weight is 314 g/mol. The molecule has 1 atom stereocenters. The van der Waals surface area contributed by atoms with Gasteiger partial charge in [0, 0.05) is 13.3 Å². The second kappa shape index (κ2) is 7.39. The molecule has 0 aliphatic carbocycles. The van der Waals surface area contributed by atoms with Crippen molar-refractivity contribution in [2.24, 2.45) is 0 Å². The first kappa shape index (κ1) is 16.6. The molecule has 0 fully saturated rings. The maximum Gasteiger partial charge on any atom is 0.326 e. The van der Waals surface area contributed by atoms with Gasteiger partial charge < -0.3 is 20.8 Å². The summed E-state index contributed by atoms with van der Waals surface area (Å²) in [5, 5.41) is 22.7. The summed E-state index contributed by atoms with van der Waals surface area (Å²) in [6.07, 6.45) is -0.570. The predicted molar refractivity (Wildman–Crippen MR) is 74.4 cm³/mol. The molecular weight excluding hydrogens is 300 g/mol. The largest absolute Gasteiger partial charge is 0.481 e. The number of hydrogen-bond donors (Lipinski definition) is 4. The first-order valence-electron chi connectivity index (χ1n) is 5.92. The molecule has 1 aromatic heterocycles. The van der Waals surface area contributed by atoms with Crippen molar-refractivity contribution in [2.45, 2.75) is 25.8 Å². The number of aliphatic carboxylic acids is 2. The van der Waals surface area contributed by atoms with Gasteiger partial charge in [-0.05, 0) is 18.6 Å². The van der Waals surface area contributed by atoms with Crippen molar-refractivity contribution in [1.29, 1.82) is 0 Å². The smallest absolute Gasteiger partial charge is 0.326 e. The van der Waals surface area contributed by atoms with E-state index < -0.39 is 23.9 Å². The van der Waals surface area contributed by atoms with Crippen LogP contribution < -0.4 is 10.6 Å². The summed E-state index contributed by atoms with van der Waals surface area (Å²) in [6.45, 7) is 1.33. The fraction of sp³-hybridized carbons (Fsp3) is 0.333. The Morgan fingerprint density at radius 3 is 2.43 bits per heavy atom. The second-order valence-electron chi connectivity index (χ2n) is 4.14. The molecule has 8 nitrogen and oxygen atoms in total. The molecule has 0 bridgehead atoms. The van der Waals surface area contributed by atoms with Crippen LogP contribution in [-0.2, 0) is 14.4 Å². The SMILES string of the molecule is CC(=O)Nc1ccc(C(=O)NC(CCC(=O)O)C(=O)O)s1. The van der Waals surface area contributed by atoms with E-state index in [1.807, 2.05) is 0 Å². The van der Waals surface area contributed by atoms with Gasteiger partial charge in [0.25, 0.3) is 5.91 Å². The third kappa shape index (κ3) is 5.61. The fourth-order valence-electron chi connectivity index (χ4n) is 1.46. The lowest BCUT2D eigenvalue weighted by Gasteiger charge is -2.12. The first-order chi connectivity index (χ1) is 9.79. The molecule has 0 saturated heterocycles. The van der Waals surface area contributed by atoms with Crippen molar-refractivity contribution < 1.29 is 29.4 Å². The molecule has 114 valence electrons. The second-order valence-corrected chi connectivity index (χ2v) is 5.23. The molecule has 4 N–H and O–H groups in total. The molecule has 9 heteroatoms. The highest BCUT2D eigenvalue weighted by molar-refractivity contribution is 7.18. The van der Waals surface area contributed by atoms with Crippen molar-refractivity contribution >= 4 is 40.1 Å². The van der Waals surface area contributed by atoms with E-state index in [1.54, 1.807) is 0 Å². The summed E-state index contributed by atoms with van der Waals surface area (Å²) in [5.41, 5.74) is 0. The van der Waals surface area contributed by atoms with Crippen LogP contribution in [-0.4, -0.2) is 40.0 Å². The van der Waals surface area contributed by atoms with Gasteiger partial charge in [-0.3, -0.25) is 14.4 Å². The Balaban J connectivity index is 2.68. The molecule has 0 aromatic carbocycles. The van der Waals surface area contributed by atoms with Crippen LogP contribution in [0.2, 0.25) is 0 Å². The Labute approximate surface area is 123 Å². The highest BCUT2D eigenvalue weighted by Gasteiger charge is 2.22. The van der Waals surface area contributed by atoms with Crippen LogP contribution in [0.5, 0.6) is 0 Å². The molecule has 21 heavy (non-hydrogen) atoms. The molecule has 2 amide bonds. The van der Waals surface area contributed by atoms with Crippen molar-refractivity contribution in [3.05, 3.63) is 17.0 Å². The zero-order valence-electron chi connectivity index (χ0n) is 11.1. The van der Waals surface area contributed by atoms with Crippen LogP contribution in [0.4, 0.5) is 5.00 Å². The molecule has 1 unspecified atom stereocenters. The van der Waals surface area contributed by atoms with Crippen molar-refractivity contribution in [1.82, 2.24) is 5.32 Å². The number of rotatable bonds is 7. The number of carbonyl (C=O) groups is 4. The van der Waals surface area contributed by atoms with E-state index >= 15 is 0 Å². The van der Waals surface area contributed by atoms with E-state index in [9.17, 15) is 19.2 Å². The maximum absolute atomic E-state index is 11.9. The number of carboxylic acids is 2. The van der Waals surface area contributed by atoms with E-state index in [1.165, 1.54) is 19.1 Å². The van der Waals surface area contributed by atoms with E-state index in [0.717, 1.165) is 11.3 Å². The minimum atomic E-state index is -1.30. The van der Waals surface area contributed by atoms with Crippen LogP contribution in [0.15, 0.2) is 12.1 Å². The van der Waals surface area contributed by atoms with Gasteiger partial charge in [-0.1, -0.05) is 0 Å². The number of thiophene rings is 1. The Morgan fingerprint density at radius 1 is 1.24 bits per heavy atom. The van der Waals surface area contributed by atoms with Crippen LogP contribution in [0.25, 0.3) is 0 Å². The lowest BCUT2D eigenvalue weighted by Crippen LogP contribution is -2.40. The summed E-state index contributed by atoms with van der Waals surface area (Å²) >= 11 is 0.994. The number of carbonyl (C=O) groups excluding carboxylic acids is 2. The topological polar surface area (TPSA) is 133 Å². The van der Waals surface area contributed by atoms with Gasteiger partial charge >= 0.3 is 11.9 Å². The lowest BCUT2D eigenvalue weighted by atomic mass is 10.1. The summed E-state index contributed by atoms with van der Waals surface area (Å²) in [4.78, 5) is 44.4. The van der Waals surface area contributed by atoms with E-state index in [-0.39, 0.29) is 23.6 Å². The zero-order chi connectivity index (χ0) is 16.0. The Morgan fingerprint density at radius 2 is 1.90 bits per heavy atom. The maximum atomic E-state index is 11.9. The van der Waals surface area contributed by atoms with E-state index in [4.69, 9.17) is 10.2 Å². The standard InChI is InChI=1S/C12H14N2O6S/c1-6(15)13-9-4-3-8(21-9)11(18)14-7(12(19)20)2-5-10(16)17/h3-4,7H,2,5H2,1H3,(H,13,15)(H,14,18)(H,16,17)(H,19,20). The zero-order valence-corrected chi connectivity index (χ0v) is 11.9. The molecule has 0 saturated carbocycles. The van der Waals surface area contributed by atoms with Gasteiger partial charge in [0.2, 0.25) is 5.91 Å². The molecule has 1 heterocycles. The lowest BCUT2D eigenvalue weighted by molar-refractivity contribution is -0.140. The highest BCUT2D eigenvalue weighted by atomic mass is 32.1. The molecule has 0 aliphatic heterocycles. The molecule has 0 aliphatic rings. The molecule has 1 aromatic rings. The molecule has 1 rings (SSSR count). The van der Waals surface area contributed by atoms with Gasteiger partial charge in [0.05, 0.1) is 9.88 Å². The van der Waals surface area contributed by atoms with Gasteiger partial charge in [0.15, 0.2) is 0 Å². The Kier molecular flexibility index (Phi) is 5.85. The highest BCUT2D eigenvalue weighted by Crippen LogP contribution is 2.21. The number of anilines is 1. The summed E-state index contributed by atoms with van der Waals surface area (Å²) in [7, 11) is 0. The van der Waals surface area contributed by atoms with Crippen LogP contribution >= 0.6 is 11.3 Å². The fourth-order valence-corrected chi connectivity index (χ4v) is 2.31. The van der Waals surface area contributed by atoms with Gasteiger partial charge in [0.1, 0.15) is 6.04 Å². The third-order valence-electron chi connectivity index (χ3n) is 2.38. The van der Waals surface area contributed by atoms with E-state index in [0.29, 0.717) is 5.00 Å². The summed E-state index contributed by atoms with van der Waals surface area (Å²) in [5.74, 6) is -3.36. The summed E-state index contributed by atoms with van der Waals surface area (Å²) < 4.78 is 0. The first-order valence-corrected chi connectivity index (χ1v) is 6.74. The summed E-state index contributed by atoms with van der Waals surface area (Å²) in [6, 6.07) is 1.69. The van der Waals surface area contributed by atoms with Gasteiger partial charge in [-0.15, -0.1) is 11.3 Å². The van der Waals surface area contributed by atoms with E-state index in [2.05, 4.69) is 10.6 Å². The van der Waals surface area contributed by atoms with Gasteiger partial charge in [-0.2, -0.15) is 0 Å². The quantitative estimate of drug-likeness (QED) is 0.587. The van der Waals surface area contributed by atoms with Crippen LogP contribution in [0, 0.1) is 0 Å². The Bertz CT molecular complexity index is 568. The van der Waals surface area contributed by atoms with Crippen LogP contribution in [0.1, 0.15) is 29.4 Å². The number of hydrogen-bond acceptors (Lipinski definition) is 5. The van der Waals surface area contributed by atoms with Crippen molar-refractivity contribution in [3.63, 3.8) is 0 Å². The molecule has 0 radical (unpaired) electrons.